The van der Waals surface area contributed by atoms with Crippen molar-refractivity contribution in [1.29, 1.82) is 0 Å². The normalized spacial score (nSPS) is 33.7. The Labute approximate surface area is 101 Å². The van der Waals surface area contributed by atoms with E-state index in [1.807, 2.05) is 6.92 Å². The maximum Gasteiger partial charge on any atom is 0.251 e. The van der Waals surface area contributed by atoms with Crippen molar-refractivity contribution in [3.8, 4) is 0 Å². The van der Waals surface area contributed by atoms with Crippen LogP contribution in [0.3, 0.4) is 0 Å². The molecular weight excluding hydrogens is 220 g/mol. The van der Waals surface area contributed by atoms with Crippen molar-refractivity contribution in [2.45, 2.75) is 44.8 Å². The predicted molar refractivity (Wildman–Crippen MR) is 62.1 cm³/mol. The highest BCUT2D eigenvalue weighted by atomic mass is 16.5. The fourth-order valence-corrected chi connectivity index (χ4v) is 2.60. The third-order valence-electron chi connectivity index (χ3n) is 3.77. The molecule has 17 heavy (non-hydrogen) atoms. The zero-order valence-electron chi connectivity index (χ0n) is 10.2. The Morgan fingerprint density at radius 2 is 2.06 bits per heavy atom. The van der Waals surface area contributed by atoms with Gasteiger partial charge in [0.1, 0.15) is 6.10 Å². The fourth-order valence-electron chi connectivity index (χ4n) is 2.60. The zero-order valence-corrected chi connectivity index (χ0v) is 10.2. The van der Waals surface area contributed by atoms with Crippen LogP contribution in [0.15, 0.2) is 0 Å². The van der Waals surface area contributed by atoms with Crippen molar-refractivity contribution in [2.75, 3.05) is 13.2 Å². The van der Waals surface area contributed by atoms with Gasteiger partial charge in [0.2, 0.25) is 5.91 Å². The van der Waals surface area contributed by atoms with Gasteiger partial charge in [0.15, 0.2) is 0 Å². The van der Waals surface area contributed by atoms with Crippen LogP contribution in [0.5, 0.6) is 0 Å². The molecule has 96 valence electrons. The maximum atomic E-state index is 12.2. The third kappa shape index (κ3) is 2.60. The summed E-state index contributed by atoms with van der Waals surface area (Å²) in [4.78, 5) is 25.2. The molecule has 0 radical (unpaired) electrons. The molecule has 2 rings (SSSR count). The van der Waals surface area contributed by atoms with E-state index < -0.39 is 0 Å². The summed E-state index contributed by atoms with van der Waals surface area (Å²) in [5.41, 5.74) is 5.32. The first-order chi connectivity index (χ1) is 8.09. The zero-order chi connectivity index (χ0) is 12.4. The molecule has 2 heterocycles. The van der Waals surface area contributed by atoms with Gasteiger partial charge in [0.25, 0.3) is 5.91 Å². The van der Waals surface area contributed by atoms with Crippen LogP contribution < -0.4 is 5.73 Å². The number of piperidine rings is 1. The molecule has 2 aliphatic rings. The van der Waals surface area contributed by atoms with Crippen molar-refractivity contribution in [3.05, 3.63) is 0 Å². The van der Waals surface area contributed by atoms with Crippen molar-refractivity contribution >= 4 is 11.8 Å². The molecule has 0 aromatic carbocycles. The lowest BCUT2D eigenvalue weighted by Crippen LogP contribution is -2.51. The van der Waals surface area contributed by atoms with Gasteiger partial charge in [-0.2, -0.15) is 0 Å². The first kappa shape index (κ1) is 12.4. The summed E-state index contributed by atoms with van der Waals surface area (Å²) in [5.74, 6) is -0.473. The average Bonchev–Trinajstić information content (AvgIpc) is 2.81. The monoisotopic (exact) mass is 240 g/mol. The van der Waals surface area contributed by atoms with E-state index >= 15 is 0 Å². The minimum atomic E-state index is -0.304. The van der Waals surface area contributed by atoms with Crippen LogP contribution in [0.2, 0.25) is 0 Å². The van der Waals surface area contributed by atoms with Gasteiger partial charge in [0.05, 0.1) is 5.92 Å². The van der Waals surface area contributed by atoms with E-state index in [-0.39, 0.29) is 29.9 Å². The predicted octanol–water partition coefficient (Wildman–Crippen LogP) is 0.278. The second-order valence-corrected chi connectivity index (χ2v) is 5.02. The molecule has 2 unspecified atom stereocenters. The van der Waals surface area contributed by atoms with Gasteiger partial charge >= 0.3 is 0 Å². The highest BCUT2D eigenvalue weighted by molar-refractivity contribution is 5.83. The van der Waals surface area contributed by atoms with Crippen LogP contribution in [-0.2, 0) is 14.3 Å². The standard InChI is InChI=1S/C12H20N2O3/c1-8-4-5-9(11(13)15)7-14(8)12(16)10-3-2-6-17-10/h8-10H,2-7H2,1H3,(H2,13,15)/t8?,9?,10-/m1/s1. The van der Waals surface area contributed by atoms with E-state index in [1.54, 1.807) is 4.90 Å². The quantitative estimate of drug-likeness (QED) is 0.753. The number of primary amides is 1. The lowest BCUT2D eigenvalue weighted by molar-refractivity contribution is -0.146. The molecule has 5 heteroatoms. The number of ether oxygens (including phenoxy) is 1. The Kier molecular flexibility index (Phi) is 3.66. The van der Waals surface area contributed by atoms with E-state index in [0.29, 0.717) is 13.2 Å². The highest BCUT2D eigenvalue weighted by Gasteiger charge is 2.36. The Morgan fingerprint density at radius 1 is 1.29 bits per heavy atom. The van der Waals surface area contributed by atoms with Gasteiger partial charge in [-0.1, -0.05) is 0 Å². The second kappa shape index (κ2) is 5.04. The minimum Gasteiger partial charge on any atom is -0.369 e. The number of carbonyl (C=O) groups is 2. The van der Waals surface area contributed by atoms with E-state index in [0.717, 1.165) is 25.7 Å². The SMILES string of the molecule is CC1CCC(C(N)=O)CN1C(=O)[C@H]1CCCO1. The molecule has 2 amide bonds. The van der Waals surface area contributed by atoms with Crippen LogP contribution in [0.1, 0.15) is 32.6 Å². The molecule has 0 aromatic heterocycles. The van der Waals surface area contributed by atoms with Crippen molar-refractivity contribution in [3.63, 3.8) is 0 Å². The van der Waals surface area contributed by atoms with Gasteiger partial charge in [-0.15, -0.1) is 0 Å². The van der Waals surface area contributed by atoms with E-state index in [2.05, 4.69) is 0 Å². The lowest BCUT2D eigenvalue weighted by atomic mass is 9.92. The number of carbonyl (C=O) groups excluding carboxylic acids is 2. The van der Waals surface area contributed by atoms with E-state index in [1.165, 1.54) is 0 Å². The van der Waals surface area contributed by atoms with Crippen molar-refractivity contribution < 1.29 is 14.3 Å². The topological polar surface area (TPSA) is 72.6 Å². The number of likely N-dealkylation sites (tertiary alicyclic amines) is 1. The Morgan fingerprint density at radius 3 is 2.65 bits per heavy atom. The molecule has 0 spiro atoms. The van der Waals surface area contributed by atoms with Gasteiger partial charge in [-0.25, -0.2) is 0 Å². The van der Waals surface area contributed by atoms with Gasteiger partial charge in [-0.3, -0.25) is 9.59 Å². The molecular formula is C12H20N2O3. The van der Waals surface area contributed by atoms with Crippen molar-refractivity contribution in [1.82, 2.24) is 4.90 Å². The Balaban J connectivity index is 2.01. The first-order valence-electron chi connectivity index (χ1n) is 6.31. The molecule has 2 N–H and O–H groups in total. The number of hydrogen-bond donors (Lipinski definition) is 1. The Hall–Kier alpha value is -1.10. The van der Waals surface area contributed by atoms with E-state index in [9.17, 15) is 9.59 Å². The number of rotatable bonds is 2. The summed E-state index contributed by atoms with van der Waals surface area (Å²) in [5, 5.41) is 0. The molecule has 5 nitrogen and oxygen atoms in total. The van der Waals surface area contributed by atoms with Crippen LogP contribution in [0.4, 0.5) is 0 Å². The minimum absolute atomic E-state index is 0.0287. The molecule has 2 aliphatic heterocycles. The van der Waals surface area contributed by atoms with E-state index in [4.69, 9.17) is 10.5 Å². The maximum absolute atomic E-state index is 12.2. The summed E-state index contributed by atoms with van der Waals surface area (Å²) in [6.45, 7) is 3.14. The van der Waals surface area contributed by atoms with Gasteiger partial charge in [-0.05, 0) is 32.6 Å². The molecule has 2 saturated heterocycles. The summed E-state index contributed by atoms with van der Waals surface area (Å²) in [6.07, 6.45) is 3.06. The summed E-state index contributed by atoms with van der Waals surface area (Å²) < 4.78 is 5.40. The largest absolute Gasteiger partial charge is 0.369 e. The van der Waals surface area contributed by atoms with Gasteiger partial charge < -0.3 is 15.4 Å². The first-order valence-corrected chi connectivity index (χ1v) is 6.31. The highest BCUT2D eigenvalue weighted by Crippen LogP contribution is 2.24. The number of amides is 2. The molecule has 2 fully saturated rings. The molecule has 3 atom stereocenters. The van der Waals surface area contributed by atoms with Gasteiger partial charge in [0, 0.05) is 19.2 Å². The summed E-state index contributed by atoms with van der Waals surface area (Å²) in [7, 11) is 0. The molecule has 0 aliphatic carbocycles. The summed E-state index contributed by atoms with van der Waals surface area (Å²) >= 11 is 0. The second-order valence-electron chi connectivity index (χ2n) is 5.02. The van der Waals surface area contributed by atoms with Crippen LogP contribution >= 0.6 is 0 Å². The number of nitrogens with two attached hydrogens (primary N) is 1. The Bertz CT molecular complexity index is 313. The number of hydrogen-bond acceptors (Lipinski definition) is 3. The molecule has 0 saturated carbocycles. The lowest BCUT2D eigenvalue weighted by Gasteiger charge is -2.38. The average molecular weight is 240 g/mol. The molecule has 0 bridgehead atoms. The smallest absolute Gasteiger partial charge is 0.251 e. The van der Waals surface area contributed by atoms with Crippen LogP contribution in [0, 0.1) is 5.92 Å². The van der Waals surface area contributed by atoms with Crippen LogP contribution in [-0.4, -0.2) is 42.0 Å². The van der Waals surface area contributed by atoms with Crippen molar-refractivity contribution in [2.24, 2.45) is 11.7 Å². The van der Waals surface area contributed by atoms with Crippen LogP contribution in [0.25, 0.3) is 0 Å². The number of nitrogens with zero attached hydrogens (tertiary/aromatic N) is 1. The molecule has 0 aromatic rings. The third-order valence-corrected chi connectivity index (χ3v) is 3.77. The fraction of sp³-hybridized carbons (Fsp3) is 0.833. The summed E-state index contributed by atoms with van der Waals surface area (Å²) in [6, 6.07) is 0.183.